The van der Waals surface area contributed by atoms with Gasteiger partial charge in [-0.15, -0.1) is 0 Å². The largest absolute Gasteiger partial charge is 0.496 e. The van der Waals surface area contributed by atoms with E-state index >= 15 is 0 Å². The van der Waals surface area contributed by atoms with Gasteiger partial charge in [0.15, 0.2) is 5.82 Å². The van der Waals surface area contributed by atoms with Crippen LogP contribution in [0.1, 0.15) is 58.1 Å². The van der Waals surface area contributed by atoms with Gasteiger partial charge in [-0.2, -0.15) is 4.98 Å². The molecule has 10 heteroatoms. The average molecular weight is 743 g/mol. The minimum atomic E-state index is -2.77. The van der Waals surface area contributed by atoms with Crippen molar-refractivity contribution in [2.24, 2.45) is 0 Å². The molecule has 0 amide bonds. The van der Waals surface area contributed by atoms with Gasteiger partial charge in [0.1, 0.15) is 16.8 Å². The smallest absolute Gasteiger partial charge is 0.261 e. The number of hydrogen-bond donors (Lipinski definition) is 3. The van der Waals surface area contributed by atoms with E-state index < -0.39 is 8.32 Å². The van der Waals surface area contributed by atoms with E-state index in [2.05, 4.69) is 146 Å². The number of nitrogen functional groups attached to an aromatic ring is 1. The van der Waals surface area contributed by atoms with Gasteiger partial charge in [0.25, 0.3) is 8.32 Å². The molecule has 1 aliphatic heterocycles. The number of methoxy groups -OCH3 is 1. The maximum Gasteiger partial charge on any atom is 0.261 e. The number of ether oxygens (including phenoxy) is 2. The molecule has 0 saturated carbocycles. The Bertz CT molecular complexity index is 2120. The molecule has 3 heterocycles. The predicted octanol–water partition coefficient (Wildman–Crippen LogP) is 7.26. The number of nitrogens with zero attached hydrogens (tertiary/aromatic N) is 3. The molecule has 4 aromatic carbocycles. The Hall–Kier alpha value is -4.74. The van der Waals surface area contributed by atoms with Crippen molar-refractivity contribution in [2.45, 2.75) is 77.2 Å². The van der Waals surface area contributed by atoms with Gasteiger partial charge in [-0.25, -0.2) is 4.98 Å². The van der Waals surface area contributed by atoms with Crippen LogP contribution in [0.4, 0.5) is 11.8 Å². The van der Waals surface area contributed by atoms with Gasteiger partial charge in [-0.05, 0) is 52.0 Å². The SMILES string of the molecule is CCC[C@@H](CO[Si](c1ccccc1)(c1ccccc1)C(C)(C)C)Nc1nc(N)nc2c3ccccc3n(Cc3cc(CN[C@H]4CCOC4)ccc3OC)c12. The summed E-state index contributed by atoms with van der Waals surface area (Å²) in [6.07, 6.45) is 2.89. The maximum absolute atomic E-state index is 7.45. The first-order valence-electron chi connectivity index (χ1n) is 19.2. The minimum absolute atomic E-state index is 0.0379. The van der Waals surface area contributed by atoms with Gasteiger partial charge in [-0.3, -0.25) is 0 Å². The van der Waals surface area contributed by atoms with Crippen molar-refractivity contribution in [2.75, 3.05) is 38.0 Å². The Morgan fingerprint density at radius 3 is 2.30 bits per heavy atom. The summed E-state index contributed by atoms with van der Waals surface area (Å²) >= 11 is 0. The molecule has 54 heavy (non-hydrogen) atoms. The lowest BCUT2D eigenvalue weighted by molar-refractivity contribution is 0.190. The summed E-state index contributed by atoms with van der Waals surface area (Å²) in [6.45, 7) is 12.6. The van der Waals surface area contributed by atoms with E-state index in [9.17, 15) is 0 Å². The van der Waals surface area contributed by atoms with Crippen LogP contribution in [0.5, 0.6) is 5.75 Å². The summed E-state index contributed by atoms with van der Waals surface area (Å²) in [6, 6.07) is 36.8. The van der Waals surface area contributed by atoms with Crippen LogP contribution in [-0.2, 0) is 22.3 Å². The lowest BCUT2D eigenvalue weighted by atomic mass is 10.1. The Morgan fingerprint density at radius 2 is 1.65 bits per heavy atom. The van der Waals surface area contributed by atoms with E-state index in [1.807, 2.05) is 0 Å². The molecule has 4 N–H and O–H groups in total. The second-order valence-corrected chi connectivity index (χ2v) is 19.7. The number of nitrogens with one attached hydrogen (secondary N) is 2. The predicted molar refractivity (Wildman–Crippen MR) is 223 cm³/mol. The van der Waals surface area contributed by atoms with Crippen LogP contribution in [0.25, 0.3) is 21.9 Å². The zero-order valence-corrected chi connectivity index (χ0v) is 33.3. The normalized spacial score (nSPS) is 15.5. The third kappa shape index (κ3) is 7.61. The molecule has 2 aromatic heterocycles. The summed E-state index contributed by atoms with van der Waals surface area (Å²) in [5.41, 5.74) is 11.6. The Kier molecular flexibility index (Phi) is 11.4. The molecular formula is C44H54N6O3Si. The van der Waals surface area contributed by atoms with Crippen LogP contribution in [0.15, 0.2) is 103 Å². The molecule has 0 spiro atoms. The van der Waals surface area contributed by atoms with Gasteiger partial charge in [0, 0.05) is 36.2 Å². The molecule has 6 aromatic rings. The lowest BCUT2D eigenvalue weighted by Gasteiger charge is -2.43. The third-order valence-corrected chi connectivity index (χ3v) is 15.7. The van der Waals surface area contributed by atoms with Crippen LogP contribution in [-0.4, -0.2) is 61.9 Å². The number of para-hydroxylation sites is 1. The van der Waals surface area contributed by atoms with Crippen LogP contribution in [0, 0.1) is 0 Å². The average Bonchev–Trinajstić information content (AvgIpc) is 3.81. The van der Waals surface area contributed by atoms with E-state index in [-0.39, 0.29) is 17.0 Å². The first-order valence-corrected chi connectivity index (χ1v) is 21.2. The highest BCUT2D eigenvalue weighted by Gasteiger charge is 2.50. The first kappa shape index (κ1) is 37.6. The van der Waals surface area contributed by atoms with E-state index in [0.717, 1.165) is 72.3 Å². The molecule has 0 radical (unpaired) electrons. The first-order chi connectivity index (χ1) is 26.2. The number of aromatic nitrogens is 3. The Balaban J connectivity index is 1.27. The van der Waals surface area contributed by atoms with Crippen LogP contribution < -0.4 is 31.5 Å². The summed E-state index contributed by atoms with van der Waals surface area (Å²) in [7, 11) is -1.04. The minimum Gasteiger partial charge on any atom is -0.496 e. The summed E-state index contributed by atoms with van der Waals surface area (Å²) in [4.78, 5) is 9.74. The third-order valence-electron chi connectivity index (χ3n) is 10.7. The summed E-state index contributed by atoms with van der Waals surface area (Å²) < 4.78 is 21.3. The summed E-state index contributed by atoms with van der Waals surface area (Å²) in [5, 5.41) is 10.9. The summed E-state index contributed by atoms with van der Waals surface area (Å²) in [5.74, 6) is 1.77. The molecule has 0 aliphatic carbocycles. The van der Waals surface area contributed by atoms with Crippen molar-refractivity contribution in [3.05, 3.63) is 114 Å². The fourth-order valence-corrected chi connectivity index (χ4v) is 12.7. The second-order valence-electron chi connectivity index (χ2n) is 15.4. The standard InChI is InChI=1S/C44H54N6O3Si/c1-6-15-34(30-53-54(44(2,3)4,35-16-9-7-10-17-35)36-18-11-8-12-19-36)47-42-41-40(48-43(45)49-42)37-20-13-14-21-38(37)50(41)28-32-26-31(22-23-39(32)51-5)27-46-33-24-25-52-29-33/h7-14,16-23,26,33-34,46H,6,15,24-25,27-30H2,1-5H3,(H3,45,47,48,49)/t33-,34-/m0/s1. The maximum atomic E-state index is 7.45. The van der Waals surface area contributed by atoms with Crippen molar-refractivity contribution < 1.29 is 13.9 Å². The Morgan fingerprint density at radius 1 is 0.944 bits per heavy atom. The van der Waals surface area contributed by atoms with Crippen LogP contribution in [0.2, 0.25) is 5.04 Å². The van der Waals surface area contributed by atoms with Crippen LogP contribution in [0.3, 0.4) is 0 Å². The monoisotopic (exact) mass is 742 g/mol. The van der Waals surface area contributed by atoms with E-state index in [4.69, 9.17) is 29.6 Å². The molecular weight excluding hydrogens is 689 g/mol. The molecule has 1 saturated heterocycles. The number of fused-ring (bicyclic) bond motifs is 3. The van der Waals surface area contributed by atoms with Crippen molar-refractivity contribution in [1.82, 2.24) is 19.9 Å². The molecule has 282 valence electrons. The number of rotatable bonds is 15. The quantitative estimate of drug-likeness (QED) is 0.0945. The van der Waals surface area contributed by atoms with Crippen molar-refractivity contribution in [3.8, 4) is 5.75 Å². The van der Waals surface area contributed by atoms with Gasteiger partial charge < -0.3 is 34.8 Å². The number of benzene rings is 4. The molecule has 2 atom stereocenters. The topological polar surface area (TPSA) is 108 Å². The molecule has 1 fully saturated rings. The van der Waals surface area contributed by atoms with Crippen LogP contribution >= 0.6 is 0 Å². The van der Waals surface area contributed by atoms with E-state index in [1.54, 1.807) is 7.11 Å². The van der Waals surface area contributed by atoms with Crippen molar-refractivity contribution in [1.29, 1.82) is 0 Å². The second kappa shape index (κ2) is 16.3. The van der Waals surface area contributed by atoms with Gasteiger partial charge in [0.05, 0.1) is 32.4 Å². The molecule has 7 rings (SSSR count). The van der Waals surface area contributed by atoms with Gasteiger partial charge in [0.2, 0.25) is 5.95 Å². The van der Waals surface area contributed by atoms with E-state index in [0.29, 0.717) is 25.0 Å². The zero-order valence-electron chi connectivity index (χ0n) is 32.3. The Labute approximate surface area is 320 Å². The molecule has 9 nitrogen and oxygen atoms in total. The van der Waals surface area contributed by atoms with Gasteiger partial charge in [-0.1, -0.05) is 119 Å². The highest BCUT2D eigenvalue weighted by molar-refractivity contribution is 6.99. The van der Waals surface area contributed by atoms with Crippen molar-refractivity contribution >= 4 is 52.4 Å². The highest BCUT2D eigenvalue weighted by atomic mass is 28.4. The highest BCUT2D eigenvalue weighted by Crippen LogP contribution is 2.38. The fourth-order valence-electron chi connectivity index (χ4n) is 8.13. The van der Waals surface area contributed by atoms with Gasteiger partial charge >= 0.3 is 0 Å². The lowest BCUT2D eigenvalue weighted by Crippen LogP contribution is -2.67. The molecule has 0 unspecified atom stereocenters. The van der Waals surface area contributed by atoms with E-state index in [1.165, 1.54) is 15.9 Å². The molecule has 0 bridgehead atoms. The zero-order chi connectivity index (χ0) is 37.7. The van der Waals surface area contributed by atoms with Crippen molar-refractivity contribution in [3.63, 3.8) is 0 Å². The molecule has 1 aliphatic rings. The fraction of sp³-hybridized carbons (Fsp3) is 0.364. The number of nitrogens with two attached hydrogens (primary N) is 1. The number of hydrogen-bond acceptors (Lipinski definition) is 8. The number of anilines is 2.